The summed E-state index contributed by atoms with van der Waals surface area (Å²) in [5, 5.41) is 0. The standard InChI is InChI=1S/3CH4O3S.Al.6H2O/c3*1-5(2,3)4;;;;;;;/h3*1H3,(H,2,3,4);;6*1H2/q;;;+3;;;;;;/p+3. The normalized spacial score (nSPS) is 7.91. The van der Waals surface area contributed by atoms with Gasteiger partial charge >= 0.3 is 17.4 Å². The Balaban J connectivity index is -0.0000000106. The predicted molar refractivity (Wildman–Crippen MR) is 81.8 cm³/mol. The van der Waals surface area contributed by atoms with Crippen LogP contribution in [-0.4, -0.2) is 75.0 Å². The molecular weight excluding hydrogens is 399 g/mol. The molecule has 0 unspecified atom stereocenters. The molecule has 0 rings (SSSR count). The molecule has 15 nitrogen and oxygen atoms in total. The molecule has 0 aliphatic rings. The summed E-state index contributed by atoms with van der Waals surface area (Å²) in [5.41, 5.74) is 0. The average Bonchev–Trinajstić information content (AvgIpc) is 1.41. The minimum absolute atomic E-state index is 0. The monoisotopic (exact) mass is 426 g/mol. The van der Waals surface area contributed by atoms with Crippen molar-refractivity contribution >= 4 is 47.7 Å². The molecule has 0 amide bonds. The van der Waals surface area contributed by atoms with Gasteiger partial charge < -0.3 is 46.5 Å². The molecule has 18 N–H and O–H groups in total. The summed E-state index contributed by atoms with van der Waals surface area (Å²) in [6, 6.07) is 0. The molecule has 0 fully saturated rings. The molecule has 0 saturated carbocycles. The Bertz CT molecular complexity index is 351. The molecule has 0 aromatic heterocycles. The fraction of sp³-hybridized carbons (Fsp3) is 1.00. The topological polar surface area (TPSA) is 370 Å². The van der Waals surface area contributed by atoms with Gasteiger partial charge in [-0.3, -0.25) is 0 Å². The summed E-state index contributed by atoms with van der Waals surface area (Å²) in [4.78, 5) is 0. The van der Waals surface area contributed by atoms with E-state index in [0.29, 0.717) is 18.8 Å². The Morgan fingerprint density at radius 1 is 0.455 bits per heavy atom. The van der Waals surface area contributed by atoms with E-state index in [1.807, 2.05) is 0 Å². The molecule has 22 heavy (non-hydrogen) atoms. The van der Waals surface area contributed by atoms with Crippen molar-refractivity contribution in [3.05, 3.63) is 0 Å². The fourth-order valence-corrected chi connectivity index (χ4v) is 0. The van der Waals surface area contributed by atoms with Crippen molar-refractivity contribution in [2.24, 2.45) is 0 Å². The Morgan fingerprint density at radius 3 is 0.455 bits per heavy atom. The summed E-state index contributed by atoms with van der Waals surface area (Å²) >= 11 is 0. The summed E-state index contributed by atoms with van der Waals surface area (Å²) in [7, 11) is -11.8. The van der Waals surface area contributed by atoms with Gasteiger partial charge in [0, 0.05) is 18.8 Å². The van der Waals surface area contributed by atoms with E-state index < -0.39 is 30.4 Å². The number of rotatable bonds is 0. The van der Waals surface area contributed by atoms with Gasteiger partial charge in [-0.25, -0.2) is 25.3 Å². The second-order valence-corrected chi connectivity index (χ2v) is 6.34. The first-order chi connectivity index (χ1) is 6.00. The summed E-state index contributed by atoms with van der Waals surface area (Å²) in [6.45, 7) is 0. The van der Waals surface area contributed by atoms with E-state index in [1.54, 1.807) is 0 Å². The first kappa shape index (κ1) is 67.3. The van der Waals surface area contributed by atoms with E-state index in [4.69, 9.17) is 38.9 Å². The van der Waals surface area contributed by atoms with Crippen LogP contribution in [0.2, 0.25) is 0 Å². The minimum Gasteiger partial charge on any atom is -0.748 e. The van der Waals surface area contributed by atoms with E-state index >= 15 is 0 Å². The van der Waals surface area contributed by atoms with Gasteiger partial charge in [0.2, 0.25) is 0 Å². The first-order valence-electron chi connectivity index (χ1n) is 2.72. The molecule has 144 valence electrons. The summed E-state index contributed by atoms with van der Waals surface area (Å²) in [5.74, 6) is 0. The van der Waals surface area contributed by atoms with Crippen molar-refractivity contribution in [2.75, 3.05) is 18.8 Å². The molecule has 0 aromatic carbocycles. The maximum atomic E-state index is 9.08. The molecule has 0 bridgehead atoms. The van der Waals surface area contributed by atoms with Crippen molar-refractivity contribution in [3.8, 4) is 0 Å². The van der Waals surface area contributed by atoms with E-state index in [-0.39, 0.29) is 50.2 Å². The van der Waals surface area contributed by atoms with Gasteiger partial charge in [0.15, 0.2) is 0 Å². The van der Waals surface area contributed by atoms with Crippen LogP contribution < -0.4 is 0 Å². The van der Waals surface area contributed by atoms with Crippen LogP contribution in [0.5, 0.6) is 0 Å². The van der Waals surface area contributed by atoms with Gasteiger partial charge in [0.25, 0.3) is 0 Å². The predicted octanol–water partition coefficient (Wildman–Crippen LogP) is -8.43. The quantitative estimate of drug-likeness (QED) is 0.201. The molecule has 19 heteroatoms. The van der Waals surface area contributed by atoms with Gasteiger partial charge in [-0.1, -0.05) is 0 Å². The van der Waals surface area contributed by atoms with E-state index in [1.165, 1.54) is 0 Å². The van der Waals surface area contributed by atoms with Crippen LogP contribution in [0.15, 0.2) is 0 Å². The van der Waals surface area contributed by atoms with Crippen molar-refractivity contribution in [1.82, 2.24) is 0 Å². The van der Waals surface area contributed by atoms with E-state index in [0.717, 1.165) is 0 Å². The van der Waals surface area contributed by atoms with Gasteiger partial charge in [0.05, 0.1) is 30.4 Å². The first-order valence-corrected chi connectivity index (χ1v) is 8.17. The molecule has 0 aliphatic heterocycles. The maximum absolute atomic E-state index is 9.08. The third-order valence-electron chi connectivity index (χ3n) is 0. The molecule has 0 aliphatic carbocycles. The Morgan fingerprint density at radius 2 is 0.455 bits per heavy atom. The molecular formula is C3H27AlO15S3+6. The van der Waals surface area contributed by atoms with E-state index in [9.17, 15) is 0 Å². The zero-order chi connectivity index (χ0) is 13.5. The van der Waals surface area contributed by atoms with Crippen molar-refractivity contribution < 1.29 is 71.8 Å². The molecule has 0 aromatic rings. The average molecular weight is 426 g/mol. The summed E-state index contributed by atoms with van der Waals surface area (Å²) < 4.78 is 81.7. The van der Waals surface area contributed by atoms with Gasteiger partial charge in [-0.15, -0.1) is 0 Å². The Labute approximate surface area is 138 Å². The van der Waals surface area contributed by atoms with Crippen molar-refractivity contribution in [2.45, 2.75) is 0 Å². The Kier molecular flexibility index (Phi) is 79.4. The summed E-state index contributed by atoms with van der Waals surface area (Å²) in [6.07, 6.45) is 1.81. The number of hydrogen-bond donors (Lipinski definition) is 0. The number of hydrogen-bond acceptors (Lipinski definition) is 9. The SMILES string of the molecule is CS(=O)(=O)[O-].CS(=O)(=O)[O-].CS(=O)(=O)[O-].[Al+3].[OH3+].[OH3+].[OH3+].[OH3+].[OH3+].[OH3+]. The van der Waals surface area contributed by atoms with Gasteiger partial charge in [-0.05, 0) is 0 Å². The van der Waals surface area contributed by atoms with Crippen LogP contribution in [0.25, 0.3) is 0 Å². The van der Waals surface area contributed by atoms with Crippen molar-refractivity contribution in [3.63, 3.8) is 0 Å². The fourth-order valence-electron chi connectivity index (χ4n) is 0. The van der Waals surface area contributed by atoms with Gasteiger partial charge in [0.1, 0.15) is 0 Å². The Hall–Kier alpha value is 0.0225. The molecule has 0 radical (unpaired) electrons. The molecule has 0 heterocycles. The molecule has 0 spiro atoms. The largest absolute Gasteiger partial charge is 3.00 e. The smallest absolute Gasteiger partial charge is 0.748 e. The molecule has 0 saturated heterocycles. The third-order valence-corrected chi connectivity index (χ3v) is 0. The van der Waals surface area contributed by atoms with Crippen LogP contribution in [0.1, 0.15) is 0 Å². The van der Waals surface area contributed by atoms with Gasteiger partial charge in [-0.2, -0.15) is 0 Å². The molecule has 0 atom stereocenters. The van der Waals surface area contributed by atoms with Crippen LogP contribution in [-0.2, 0) is 63.2 Å². The minimum atomic E-state index is -3.92. The second kappa shape index (κ2) is 25.9. The van der Waals surface area contributed by atoms with Crippen LogP contribution >= 0.6 is 0 Å². The van der Waals surface area contributed by atoms with Crippen LogP contribution in [0.3, 0.4) is 0 Å². The van der Waals surface area contributed by atoms with Crippen molar-refractivity contribution in [1.29, 1.82) is 0 Å². The van der Waals surface area contributed by atoms with Crippen LogP contribution in [0, 0.1) is 0 Å². The zero-order valence-electron chi connectivity index (χ0n) is 11.9. The van der Waals surface area contributed by atoms with E-state index in [2.05, 4.69) is 0 Å². The maximum Gasteiger partial charge on any atom is 3.00 e. The third kappa shape index (κ3) is 14400000. The second-order valence-electron chi connectivity index (χ2n) is 2.11. The zero-order valence-corrected chi connectivity index (χ0v) is 15.5. The van der Waals surface area contributed by atoms with Crippen LogP contribution in [0.4, 0.5) is 0 Å².